The summed E-state index contributed by atoms with van der Waals surface area (Å²) < 4.78 is 5.15. The van der Waals surface area contributed by atoms with Crippen molar-refractivity contribution in [3.63, 3.8) is 0 Å². The van der Waals surface area contributed by atoms with Crippen LogP contribution in [0.4, 0.5) is 0 Å². The van der Waals surface area contributed by atoms with Crippen LogP contribution in [0, 0.1) is 5.92 Å². The molecule has 2 saturated heterocycles. The van der Waals surface area contributed by atoms with Crippen LogP contribution in [0.2, 0.25) is 0 Å². The quantitative estimate of drug-likeness (QED) is 0.873. The minimum absolute atomic E-state index is 0.0270. The van der Waals surface area contributed by atoms with E-state index in [-0.39, 0.29) is 24.4 Å². The molecule has 0 radical (unpaired) electrons. The molecule has 136 valence electrons. The van der Waals surface area contributed by atoms with E-state index in [1.165, 1.54) is 0 Å². The maximum Gasteiger partial charge on any atom is 0.245 e. The molecular formula is C19H27N3O3. The lowest BCUT2D eigenvalue weighted by Gasteiger charge is -2.41. The highest BCUT2D eigenvalue weighted by atomic mass is 16.5. The van der Waals surface area contributed by atoms with Crippen LogP contribution in [0.1, 0.15) is 25.3 Å². The Hall–Kier alpha value is -2.08. The number of piperazine rings is 1. The number of rotatable bonds is 5. The Balaban J connectivity index is 1.62. The van der Waals surface area contributed by atoms with Gasteiger partial charge < -0.3 is 19.9 Å². The van der Waals surface area contributed by atoms with Crippen molar-refractivity contribution in [3.8, 4) is 5.75 Å². The Kier molecular flexibility index (Phi) is 5.58. The van der Waals surface area contributed by atoms with E-state index in [1.807, 2.05) is 31.2 Å². The predicted molar refractivity (Wildman–Crippen MR) is 95.2 cm³/mol. The zero-order chi connectivity index (χ0) is 17.8. The number of benzene rings is 1. The summed E-state index contributed by atoms with van der Waals surface area (Å²) in [5.74, 6) is 1.30. The molecule has 1 aromatic carbocycles. The molecule has 2 amide bonds. The predicted octanol–water partition coefficient (Wildman–Crippen LogP) is 1.25. The monoisotopic (exact) mass is 345 g/mol. The van der Waals surface area contributed by atoms with Gasteiger partial charge in [-0.1, -0.05) is 12.1 Å². The van der Waals surface area contributed by atoms with E-state index in [0.29, 0.717) is 19.0 Å². The van der Waals surface area contributed by atoms with Gasteiger partial charge in [0, 0.05) is 13.1 Å². The van der Waals surface area contributed by atoms with E-state index in [4.69, 9.17) is 4.74 Å². The minimum atomic E-state index is -0.388. The van der Waals surface area contributed by atoms with Crippen LogP contribution in [0.5, 0.6) is 5.75 Å². The molecule has 2 fully saturated rings. The van der Waals surface area contributed by atoms with Gasteiger partial charge in [-0.05, 0) is 56.5 Å². The number of carbonyl (C=O) groups is 2. The first-order valence-corrected chi connectivity index (χ1v) is 9.00. The first-order valence-electron chi connectivity index (χ1n) is 9.00. The summed E-state index contributed by atoms with van der Waals surface area (Å²) in [6.07, 6.45) is 2.26. The number of carbonyl (C=O) groups excluding carboxylic acids is 2. The van der Waals surface area contributed by atoms with Crippen molar-refractivity contribution in [2.75, 3.05) is 33.3 Å². The summed E-state index contributed by atoms with van der Waals surface area (Å²) >= 11 is 0. The summed E-state index contributed by atoms with van der Waals surface area (Å²) in [7, 11) is 1.62. The van der Waals surface area contributed by atoms with Crippen molar-refractivity contribution >= 4 is 11.8 Å². The maximum atomic E-state index is 12.7. The smallest absolute Gasteiger partial charge is 0.245 e. The van der Waals surface area contributed by atoms with Crippen molar-refractivity contribution in [2.45, 2.75) is 32.4 Å². The first kappa shape index (κ1) is 17.7. The number of hydrogen-bond acceptors (Lipinski definition) is 4. The van der Waals surface area contributed by atoms with Gasteiger partial charge in [0.1, 0.15) is 18.3 Å². The molecule has 0 aliphatic carbocycles. The second-order valence-electron chi connectivity index (χ2n) is 6.98. The fraction of sp³-hybridized carbons (Fsp3) is 0.579. The van der Waals surface area contributed by atoms with Gasteiger partial charge in [-0.2, -0.15) is 0 Å². The maximum absolute atomic E-state index is 12.7. The molecule has 2 aliphatic rings. The highest BCUT2D eigenvalue weighted by Crippen LogP contribution is 2.20. The third kappa shape index (κ3) is 4.12. The lowest BCUT2D eigenvalue weighted by atomic mass is 9.97. The Morgan fingerprint density at radius 2 is 2.00 bits per heavy atom. The molecule has 6 heteroatoms. The first-order chi connectivity index (χ1) is 12.1. The van der Waals surface area contributed by atoms with Crippen LogP contribution in [0.3, 0.4) is 0 Å². The van der Waals surface area contributed by atoms with Crippen molar-refractivity contribution < 1.29 is 14.3 Å². The van der Waals surface area contributed by atoms with Crippen molar-refractivity contribution in [3.05, 3.63) is 29.8 Å². The largest absolute Gasteiger partial charge is 0.497 e. The van der Waals surface area contributed by atoms with Gasteiger partial charge in [0.15, 0.2) is 0 Å². The van der Waals surface area contributed by atoms with Gasteiger partial charge in [-0.3, -0.25) is 9.59 Å². The summed E-state index contributed by atoms with van der Waals surface area (Å²) in [5, 5.41) is 3.37. The molecular weight excluding hydrogens is 318 g/mol. The van der Waals surface area contributed by atoms with Crippen molar-refractivity contribution in [1.82, 2.24) is 15.1 Å². The number of nitrogens with zero attached hydrogens (tertiary/aromatic N) is 2. The molecule has 0 spiro atoms. The number of ether oxygens (including phenoxy) is 1. The SMILES string of the molecule is COc1ccc(CN2CC(=O)N(C[C@H]3CCCNC3)[C@@H](C)C2=O)cc1. The molecule has 0 unspecified atom stereocenters. The molecule has 0 aromatic heterocycles. The molecule has 1 aromatic rings. The average molecular weight is 345 g/mol. The molecule has 0 bridgehead atoms. The van der Waals surface area contributed by atoms with Crippen LogP contribution in [0.15, 0.2) is 24.3 Å². The van der Waals surface area contributed by atoms with Gasteiger partial charge in [-0.15, -0.1) is 0 Å². The molecule has 2 heterocycles. The summed E-state index contributed by atoms with van der Waals surface area (Å²) in [4.78, 5) is 28.8. The van der Waals surface area contributed by atoms with Crippen molar-refractivity contribution in [1.29, 1.82) is 0 Å². The molecule has 2 aliphatic heterocycles. The minimum Gasteiger partial charge on any atom is -0.497 e. The molecule has 2 atom stereocenters. The molecule has 6 nitrogen and oxygen atoms in total. The zero-order valence-electron chi connectivity index (χ0n) is 15.0. The third-order valence-corrected chi connectivity index (χ3v) is 5.17. The second kappa shape index (κ2) is 7.87. The van der Waals surface area contributed by atoms with Gasteiger partial charge in [0.2, 0.25) is 11.8 Å². The molecule has 25 heavy (non-hydrogen) atoms. The molecule has 0 saturated carbocycles. The normalized spacial score (nSPS) is 24.6. The van der Waals surface area contributed by atoms with Gasteiger partial charge >= 0.3 is 0 Å². The molecule has 3 rings (SSSR count). The highest BCUT2D eigenvalue weighted by Gasteiger charge is 2.37. The topological polar surface area (TPSA) is 61.9 Å². The van der Waals surface area contributed by atoms with E-state index < -0.39 is 0 Å². The second-order valence-corrected chi connectivity index (χ2v) is 6.98. The summed E-state index contributed by atoms with van der Waals surface area (Å²) in [6.45, 7) is 5.12. The Labute approximate surface area is 149 Å². The fourth-order valence-electron chi connectivity index (χ4n) is 3.65. The fourth-order valence-corrected chi connectivity index (χ4v) is 3.65. The number of piperidine rings is 1. The van der Waals surface area contributed by atoms with Gasteiger partial charge in [0.25, 0.3) is 0 Å². The third-order valence-electron chi connectivity index (χ3n) is 5.17. The van der Waals surface area contributed by atoms with Crippen LogP contribution >= 0.6 is 0 Å². The number of nitrogens with one attached hydrogen (secondary N) is 1. The standard InChI is InChI=1S/C19H27N3O3/c1-14-19(24)21(11-15-5-7-17(25-2)8-6-15)13-18(23)22(14)12-16-4-3-9-20-10-16/h5-8,14,16,20H,3-4,9-13H2,1-2H3/t14-,16-/m0/s1. The van der Waals surface area contributed by atoms with Crippen LogP contribution in [-0.2, 0) is 16.1 Å². The van der Waals surface area contributed by atoms with E-state index >= 15 is 0 Å². The van der Waals surface area contributed by atoms with Crippen LogP contribution in [-0.4, -0.2) is 60.9 Å². The Bertz CT molecular complexity index is 611. The van der Waals surface area contributed by atoms with Crippen LogP contribution < -0.4 is 10.1 Å². The lowest BCUT2D eigenvalue weighted by molar-refractivity contribution is -0.156. The van der Waals surface area contributed by atoms with E-state index in [2.05, 4.69) is 5.32 Å². The van der Waals surface area contributed by atoms with Crippen molar-refractivity contribution in [2.24, 2.45) is 5.92 Å². The summed E-state index contributed by atoms with van der Waals surface area (Å²) in [6, 6.07) is 7.22. The number of amides is 2. The van der Waals surface area contributed by atoms with E-state index in [1.54, 1.807) is 16.9 Å². The average Bonchev–Trinajstić information content (AvgIpc) is 2.64. The Morgan fingerprint density at radius 1 is 1.24 bits per heavy atom. The number of methoxy groups -OCH3 is 1. The number of hydrogen-bond donors (Lipinski definition) is 1. The lowest BCUT2D eigenvalue weighted by Crippen LogP contribution is -2.59. The van der Waals surface area contributed by atoms with E-state index in [0.717, 1.165) is 37.2 Å². The molecule has 1 N–H and O–H groups in total. The zero-order valence-corrected chi connectivity index (χ0v) is 15.0. The van der Waals surface area contributed by atoms with E-state index in [9.17, 15) is 9.59 Å². The summed E-state index contributed by atoms with van der Waals surface area (Å²) in [5.41, 5.74) is 0.999. The highest BCUT2D eigenvalue weighted by molar-refractivity contribution is 5.94. The Morgan fingerprint density at radius 3 is 2.64 bits per heavy atom. The van der Waals surface area contributed by atoms with Crippen LogP contribution in [0.25, 0.3) is 0 Å². The van der Waals surface area contributed by atoms with Gasteiger partial charge in [-0.25, -0.2) is 0 Å². The van der Waals surface area contributed by atoms with Gasteiger partial charge in [0.05, 0.1) is 7.11 Å².